The summed E-state index contributed by atoms with van der Waals surface area (Å²) in [7, 11) is 0. The molecule has 2 heterocycles. The number of aliphatic hydroxyl groups excluding tert-OH is 1. The highest BCUT2D eigenvalue weighted by Gasteiger charge is 2.27. The molecule has 3 N–H and O–H groups in total. The first-order chi connectivity index (χ1) is 11.8. The maximum atomic E-state index is 12.4. The number of aliphatic hydroxyl groups is 1. The smallest absolute Gasteiger partial charge is 0.251 e. The Morgan fingerprint density at radius 2 is 2.08 bits per heavy atom. The quantitative estimate of drug-likeness (QED) is 0.757. The summed E-state index contributed by atoms with van der Waals surface area (Å²) >= 11 is 0. The second-order valence-electron chi connectivity index (χ2n) is 5.64. The minimum atomic E-state index is -0.138. The standard InChI is InChI=1S/C17H20N4O3/c22-9-12-1-3-13(4-2-12)17(23)21-14-6-8-24-10-15(14)20-16-5-7-18-11-19-16/h1-5,7,11,14-15,22H,6,8-10H2,(H,21,23)(H,18,19,20)/t14-,15+/m0/s1. The number of anilines is 1. The Morgan fingerprint density at radius 3 is 2.79 bits per heavy atom. The highest BCUT2D eigenvalue weighted by atomic mass is 16.5. The van der Waals surface area contributed by atoms with Crippen LogP contribution in [-0.4, -0.2) is 46.3 Å². The van der Waals surface area contributed by atoms with E-state index in [1.165, 1.54) is 6.33 Å². The third-order valence-electron chi connectivity index (χ3n) is 3.99. The molecule has 7 nitrogen and oxygen atoms in total. The summed E-state index contributed by atoms with van der Waals surface area (Å²) in [5.41, 5.74) is 1.35. The molecule has 1 amide bonds. The molecule has 0 aliphatic carbocycles. The van der Waals surface area contributed by atoms with Gasteiger partial charge in [0.15, 0.2) is 0 Å². The van der Waals surface area contributed by atoms with Gasteiger partial charge >= 0.3 is 0 Å². The number of ether oxygens (including phenoxy) is 1. The zero-order valence-corrected chi connectivity index (χ0v) is 13.2. The third-order valence-corrected chi connectivity index (χ3v) is 3.99. The van der Waals surface area contributed by atoms with E-state index in [-0.39, 0.29) is 24.6 Å². The number of benzene rings is 1. The first-order valence-electron chi connectivity index (χ1n) is 7.87. The average Bonchev–Trinajstić information content (AvgIpc) is 2.64. The Morgan fingerprint density at radius 1 is 1.25 bits per heavy atom. The van der Waals surface area contributed by atoms with Crippen LogP contribution in [0.5, 0.6) is 0 Å². The Kier molecular flexibility index (Phi) is 5.35. The Balaban J connectivity index is 1.65. The van der Waals surface area contributed by atoms with E-state index in [0.29, 0.717) is 24.6 Å². The van der Waals surface area contributed by atoms with Crippen LogP contribution in [0.3, 0.4) is 0 Å². The summed E-state index contributed by atoms with van der Waals surface area (Å²) in [5.74, 6) is 0.563. The van der Waals surface area contributed by atoms with Crippen LogP contribution >= 0.6 is 0 Å². The van der Waals surface area contributed by atoms with Crippen molar-refractivity contribution in [2.24, 2.45) is 0 Å². The number of nitrogens with one attached hydrogen (secondary N) is 2. The molecule has 0 spiro atoms. The molecule has 7 heteroatoms. The number of carbonyl (C=O) groups is 1. The Labute approximate surface area is 140 Å². The van der Waals surface area contributed by atoms with Gasteiger partial charge in [0, 0.05) is 18.4 Å². The van der Waals surface area contributed by atoms with Crippen molar-refractivity contribution in [1.29, 1.82) is 0 Å². The lowest BCUT2D eigenvalue weighted by molar-refractivity contribution is 0.0620. The van der Waals surface area contributed by atoms with Gasteiger partial charge in [-0.25, -0.2) is 9.97 Å². The van der Waals surface area contributed by atoms with Crippen LogP contribution in [0.2, 0.25) is 0 Å². The molecule has 0 unspecified atom stereocenters. The van der Waals surface area contributed by atoms with E-state index in [0.717, 1.165) is 12.0 Å². The SMILES string of the molecule is O=C(N[C@H]1CCOC[C@H]1Nc1ccncn1)c1ccc(CO)cc1. The summed E-state index contributed by atoms with van der Waals surface area (Å²) < 4.78 is 5.52. The Hall–Kier alpha value is -2.51. The minimum Gasteiger partial charge on any atom is -0.392 e. The summed E-state index contributed by atoms with van der Waals surface area (Å²) in [4.78, 5) is 20.5. The number of nitrogens with zero attached hydrogens (tertiary/aromatic N) is 2. The van der Waals surface area contributed by atoms with Gasteiger partial charge in [0.1, 0.15) is 12.1 Å². The number of hydrogen-bond donors (Lipinski definition) is 3. The van der Waals surface area contributed by atoms with Crippen molar-refractivity contribution < 1.29 is 14.6 Å². The van der Waals surface area contributed by atoms with Crippen LogP contribution in [0, 0.1) is 0 Å². The first kappa shape index (κ1) is 16.4. The molecule has 1 aromatic carbocycles. The lowest BCUT2D eigenvalue weighted by Crippen LogP contribution is -2.52. The van der Waals surface area contributed by atoms with Crippen LogP contribution < -0.4 is 10.6 Å². The van der Waals surface area contributed by atoms with Crippen LogP contribution in [0.4, 0.5) is 5.82 Å². The van der Waals surface area contributed by atoms with E-state index in [4.69, 9.17) is 9.84 Å². The molecule has 0 radical (unpaired) electrons. The van der Waals surface area contributed by atoms with E-state index < -0.39 is 0 Å². The predicted molar refractivity (Wildman–Crippen MR) is 88.5 cm³/mol. The van der Waals surface area contributed by atoms with Gasteiger partial charge in [-0.05, 0) is 30.2 Å². The molecule has 1 fully saturated rings. The molecule has 1 saturated heterocycles. The fraction of sp³-hybridized carbons (Fsp3) is 0.353. The van der Waals surface area contributed by atoms with Crippen molar-refractivity contribution in [1.82, 2.24) is 15.3 Å². The molecular formula is C17H20N4O3. The van der Waals surface area contributed by atoms with E-state index in [2.05, 4.69) is 20.6 Å². The zero-order valence-electron chi connectivity index (χ0n) is 13.2. The fourth-order valence-corrected chi connectivity index (χ4v) is 2.63. The number of aromatic nitrogens is 2. The molecule has 126 valence electrons. The van der Waals surface area contributed by atoms with Crippen LogP contribution in [0.1, 0.15) is 22.3 Å². The molecule has 0 saturated carbocycles. The van der Waals surface area contributed by atoms with Crippen LogP contribution in [0.15, 0.2) is 42.9 Å². The molecule has 0 bridgehead atoms. The van der Waals surface area contributed by atoms with Gasteiger partial charge in [-0.1, -0.05) is 12.1 Å². The molecule has 3 rings (SSSR count). The lowest BCUT2D eigenvalue weighted by Gasteiger charge is -2.33. The highest BCUT2D eigenvalue weighted by molar-refractivity contribution is 5.94. The summed E-state index contributed by atoms with van der Waals surface area (Å²) in [6, 6.07) is 8.58. The Bertz CT molecular complexity index is 663. The van der Waals surface area contributed by atoms with E-state index in [1.807, 2.05) is 0 Å². The minimum absolute atomic E-state index is 0.0349. The number of rotatable bonds is 5. The molecule has 24 heavy (non-hydrogen) atoms. The summed E-state index contributed by atoms with van der Waals surface area (Å²) in [6.45, 7) is 1.07. The van der Waals surface area contributed by atoms with Gasteiger partial charge in [-0.2, -0.15) is 0 Å². The van der Waals surface area contributed by atoms with Crippen molar-refractivity contribution in [3.8, 4) is 0 Å². The van der Waals surface area contributed by atoms with E-state index in [9.17, 15) is 4.79 Å². The van der Waals surface area contributed by atoms with Crippen LogP contribution in [-0.2, 0) is 11.3 Å². The highest BCUT2D eigenvalue weighted by Crippen LogP contribution is 2.14. The topological polar surface area (TPSA) is 96.4 Å². The number of amides is 1. The largest absolute Gasteiger partial charge is 0.392 e. The maximum absolute atomic E-state index is 12.4. The van der Waals surface area contributed by atoms with Crippen LogP contribution in [0.25, 0.3) is 0 Å². The van der Waals surface area contributed by atoms with E-state index in [1.54, 1.807) is 36.5 Å². The summed E-state index contributed by atoms with van der Waals surface area (Å²) in [6.07, 6.45) is 3.86. The van der Waals surface area contributed by atoms with Gasteiger partial charge in [-0.15, -0.1) is 0 Å². The molecule has 2 atom stereocenters. The van der Waals surface area contributed by atoms with E-state index >= 15 is 0 Å². The summed E-state index contributed by atoms with van der Waals surface area (Å²) in [5, 5.41) is 15.4. The third kappa shape index (κ3) is 4.06. The van der Waals surface area contributed by atoms with Crippen molar-refractivity contribution in [3.05, 3.63) is 54.0 Å². The monoisotopic (exact) mass is 328 g/mol. The predicted octanol–water partition coefficient (Wildman–Crippen LogP) is 0.968. The first-order valence-corrected chi connectivity index (χ1v) is 7.87. The maximum Gasteiger partial charge on any atom is 0.251 e. The van der Waals surface area contributed by atoms with Crippen molar-refractivity contribution in [2.45, 2.75) is 25.1 Å². The average molecular weight is 328 g/mol. The van der Waals surface area contributed by atoms with Gasteiger partial charge in [0.2, 0.25) is 0 Å². The molecule has 1 aromatic heterocycles. The van der Waals surface area contributed by atoms with Gasteiger partial charge in [0.25, 0.3) is 5.91 Å². The second-order valence-corrected chi connectivity index (χ2v) is 5.64. The molecule has 2 aromatic rings. The lowest BCUT2D eigenvalue weighted by atomic mass is 10.0. The van der Waals surface area contributed by atoms with Gasteiger partial charge < -0.3 is 20.5 Å². The zero-order chi connectivity index (χ0) is 16.8. The van der Waals surface area contributed by atoms with Crippen molar-refractivity contribution in [3.63, 3.8) is 0 Å². The molecular weight excluding hydrogens is 308 g/mol. The second kappa shape index (κ2) is 7.85. The number of hydrogen-bond acceptors (Lipinski definition) is 6. The van der Waals surface area contributed by atoms with Crippen molar-refractivity contribution >= 4 is 11.7 Å². The van der Waals surface area contributed by atoms with Gasteiger partial charge in [0.05, 0.1) is 25.3 Å². The number of carbonyl (C=O) groups excluding carboxylic acids is 1. The molecule has 1 aliphatic heterocycles. The normalized spacial score (nSPS) is 20.4. The van der Waals surface area contributed by atoms with Crippen molar-refractivity contribution in [2.75, 3.05) is 18.5 Å². The van der Waals surface area contributed by atoms with Gasteiger partial charge in [-0.3, -0.25) is 4.79 Å². The fourth-order valence-electron chi connectivity index (χ4n) is 2.63. The molecule has 1 aliphatic rings.